The summed E-state index contributed by atoms with van der Waals surface area (Å²) in [6.07, 6.45) is 28.1. The minimum atomic E-state index is 0.577. The Morgan fingerprint density at radius 2 is 1.29 bits per heavy atom. The van der Waals surface area contributed by atoms with Crippen molar-refractivity contribution in [3.63, 3.8) is 0 Å². The Bertz CT molecular complexity index is 619. The van der Waals surface area contributed by atoms with Crippen molar-refractivity contribution in [3.05, 3.63) is 54.6 Å². The fourth-order valence-corrected chi connectivity index (χ4v) is 4.94. The maximum Gasteiger partial charge on any atom is 0.0948 e. The number of rotatable bonds is 19. The van der Waals surface area contributed by atoms with Gasteiger partial charge in [0.25, 0.3) is 0 Å². The first kappa shape index (κ1) is 25.7. The molecule has 0 bridgehead atoms. The van der Waals surface area contributed by atoms with Crippen molar-refractivity contribution < 1.29 is 0 Å². The molecule has 0 amide bonds. The summed E-state index contributed by atoms with van der Waals surface area (Å²) in [6.45, 7) is 4.60. The van der Waals surface area contributed by atoms with E-state index in [-0.39, 0.29) is 0 Å². The molecule has 2 rings (SSSR count). The molecule has 2 aromatic rings. The molecule has 0 fully saturated rings. The lowest BCUT2D eigenvalue weighted by Crippen LogP contribution is -2.21. The molecule has 2 heteroatoms. The number of benzene rings is 1. The Labute approximate surface area is 192 Å². The number of imidazole rings is 1. The molecule has 2 nitrogen and oxygen atoms in total. The highest BCUT2D eigenvalue weighted by Crippen LogP contribution is 2.32. The van der Waals surface area contributed by atoms with Crippen LogP contribution in [-0.2, 0) is 6.42 Å². The van der Waals surface area contributed by atoms with Gasteiger partial charge in [-0.05, 0) is 30.7 Å². The van der Waals surface area contributed by atoms with Crippen molar-refractivity contribution in [2.75, 3.05) is 0 Å². The SMILES string of the molecule is CCCCCCCCCCCCC(Cc1ccccc1)C(CCCCC)n1ccnc1. The second-order valence-electron chi connectivity index (χ2n) is 9.49. The minimum Gasteiger partial charge on any atom is -0.334 e. The van der Waals surface area contributed by atoms with Gasteiger partial charge < -0.3 is 4.57 Å². The predicted molar refractivity (Wildman–Crippen MR) is 136 cm³/mol. The van der Waals surface area contributed by atoms with E-state index in [1.54, 1.807) is 0 Å². The molecule has 0 aliphatic rings. The lowest BCUT2D eigenvalue weighted by molar-refractivity contribution is 0.276. The Balaban J connectivity index is 1.84. The van der Waals surface area contributed by atoms with Gasteiger partial charge in [0.1, 0.15) is 0 Å². The molecule has 174 valence electrons. The predicted octanol–water partition coefficient (Wildman–Crippen LogP) is 9.17. The third-order valence-electron chi connectivity index (χ3n) is 6.82. The van der Waals surface area contributed by atoms with E-state index in [0.717, 1.165) is 0 Å². The van der Waals surface area contributed by atoms with Gasteiger partial charge in [-0.2, -0.15) is 0 Å². The molecule has 1 aromatic carbocycles. The van der Waals surface area contributed by atoms with E-state index in [1.807, 2.05) is 12.5 Å². The van der Waals surface area contributed by atoms with Gasteiger partial charge >= 0.3 is 0 Å². The Kier molecular flexibility index (Phi) is 14.1. The lowest BCUT2D eigenvalue weighted by atomic mass is 9.84. The molecule has 1 heterocycles. The number of hydrogen-bond acceptors (Lipinski definition) is 1. The first-order valence-electron chi connectivity index (χ1n) is 13.4. The van der Waals surface area contributed by atoms with Gasteiger partial charge in [0.15, 0.2) is 0 Å². The van der Waals surface area contributed by atoms with Crippen LogP contribution in [0.15, 0.2) is 49.1 Å². The van der Waals surface area contributed by atoms with Gasteiger partial charge in [0.2, 0.25) is 0 Å². The molecule has 0 saturated heterocycles. The molecule has 2 atom stereocenters. The first-order chi connectivity index (χ1) is 15.3. The van der Waals surface area contributed by atoms with E-state index < -0.39 is 0 Å². The zero-order chi connectivity index (χ0) is 22.0. The van der Waals surface area contributed by atoms with Crippen LogP contribution in [0.2, 0.25) is 0 Å². The molecule has 0 aliphatic carbocycles. The molecule has 0 radical (unpaired) electrons. The summed E-state index contributed by atoms with van der Waals surface area (Å²) in [5, 5.41) is 0. The van der Waals surface area contributed by atoms with Gasteiger partial charge in [-0.3, -0.25) is 0 Å². The molecular weight excluding hydrogens is 376 g/mol. The van der Waals surface area contributed by atoms with E-state index in [1.165, 1.54) is 108 Å². The normalized spacial score (nSPS) is 13.4. The summed E-state index contributed by atoms with van der Waals surface area (Å²) >= 11 is 0. The zero-order valence-electron chi connectivity index (χ0n) is 20.5. The number of hydrogen-bond donors (Lipinski definition) is 0. The van der Waals surface area contributed by atoms with Crippen molar-refractivity contribution in [2.45, 2.75) is 123 Å². The molecule has 1 aromatic heterocycles. The van der Waals surface area contributed by atoms with Crippen LogP contribution in [0.4, 0.5) is 0 Å². The molecule has 0 spiro atoms. The Morgan fingerprint density at radius 1 is 0.710 bits per heavy atom. The highest BCUT2D eigenvalue weighted by Gasteiger charge is 2.22. The van der Waals surface area contributed by atoms with Crippen LogP contribution in [0.25, 0.3) is 0 Å². The molecular formula is C29H48N2. The summed E-state index contributed by atoms with van der Waals surface area (Å²) in [7, 11) is 0. The van der Waals surface area contributed by atoms with Gasteiger partial charge in [-0.1, -0.05) is 128 Å². The summed E-state index contributed by atoms with van der Waals surface area (Å²) in [4.78, 5) is 4.38. The van der Waals surface area contributed by atoms with Crippen molar-refractivity contribution >= 4 is 0 Å². The van der Waals surface area contributed by atoms with Crippen LogP contribution >= 0.6 is 0 Å². The quantitative estimate of drug-likeness (QED) is 0.205. The molecule has 2 unspecified atom stereocenters. The molecule has 0 N–H and O–H groups in total. The van der Waals surface area contributed by atoms with Crippen LogP contribution in [0.1, 0.15) is 122 Å². The van der Waals surface area contributed by atoms with Crippen LogP contribution in [0.5, 0.6) is 0 Å². The summed E-state index contributed by atoms with van der Waals surface area (Å²) in [5.74, 6) is 0.697. The van der Waals surface area contributed by atoms with Crippen LogP contribution in [-0.4, -0.2) is 9.55 Å². The third kappa shape index (κ3) is 11.0. The summed E-state index contributed by atoms with van der Waals surface area (Å²) in [6, 6.07) is 11.7. The topological polar surface area (TPSA) is 17.8 Å². The Hall–Kier alpha value is -1.57. The fraction of sp³-hybridized carbons (Fsp3) is 0.690. The smallest absolute Gasteiger partial charge is 0.0948 e. The van der Waals surface area contributed by atoms with Crippen LogP contribution < -0.4 is 0 Å². The monoisotopic (exact) mass is 424 g/mol. The highest BCUT2D eigenvalue weighted by molar-refractivity contribution is 5.15. The summed E-state index contributed by atoms with van der Waals surface area (Å²) in [5.41, 5.74) is 1.49. The van der Waals surface area contributed by atoms with Gasteiger partial charge in [0, 0.05) is 18.4 Å². The van der Waals surface area contributed by atoms with Crippen LogP contribution in [0.3, 0.4) is 0 Å². The molecule has 31 heavy (non-hydrogen) atoms. The Morgan fingerprint density at radius 3 is 1.90 bits per heavy atom. The van der Waals surface area contributed by atoms with Crippen molar-refractivity contribution in [2.24, 2.45) is 5.92 Å². The van der Waals surface area contributed by atoms with Gasteiger partial charge in [-0.15, -0.1) is 0 Å². The molecule has 0 aliphatic heterocycles. The second-order valence-corrected chi connectivity index (χ2v) is 9.49. The third-order valence-corrected chi connectivity index (χ3v) is 6.82. The molecule has 0 saturated carbocycles. The minimum absolute atomic E-state index is 0.577. The van der Waals surface area contributed by atoms with Gasteiger partial charge in [-0.25, -0.2) is 4.98 Å². The first-order valence-corrected chi connectivity index (χ1v) is 13.4. The van der Waals surface area contributed by atoms with Gasteiger partial charge in [0.05, 0.1) is 6.33 Å². The van der Waals surface area contributed by atoms with Crippen molar-refractivity contribution in [1.29, 1.82) is 0 Å². The lowest BCUT2D eigenvalue weighted by Gasteiger charge is -2.29. The zero-order valence-corrected chi connectivity index (χ0v) is 20.5. The number of nitrogens with zero attached hydrogens (tertiary/aromatic N) is 2. The highest BCUT2D eigenvalue weighted by atomic mass is 15.1. The average molecular weight is 425 g/mol. The standard InChI is InChI=1S/C29H48N2/c1-3-5-7-8-9-10-11-12-13-18-21-28(25-27-19-16-14-17-20-27)29(22-15-6-4-2)31-24-23-30-26-31/h14,16-17,19-20,23-24,26,28-29H,3-13,15,18,21-22,25H2,1-2H3. The maximum absolute atomic E-state index is 4.38. The largest absolute Gasteiger partial charge is 0.334 e. The number of aromatic nitrogens is 2. The summed E-state index contributed by atoms with van der Waals surface area (Å²) < 4.78 is 2.40. The average Bonchev–Trinajstić information content (AvgIpc) is 3.33. The number of unbranched alkanes of at least 4 members (excludes halogenated alkanes) is 11. The van der Waals surface area contributed by atoms with E-state index in [9.17, 15) is 0 Å². The van der Waals surface area contributed by atoms with Crippen molar-refractivity contribution in [1.82, 2.24) is 9.55 Å². The van der Waals surface area contributed by atoms with Crippen molar-refractivity contribution in [3.8, 4) is 0 Å². The second kappa shape index (κ2) is 17.0. The van der Waals surface area contributed by atoms with E-state index in [0.29, 0.717) is 12.0 Å². The maximum atomic E-state index is 4.38. The van der Waals surface area contributed by atoms with E-state index >= 15 is 0 Å². The van der Waals surface area contributed by atoms with Crippen LogP contribution in [0, 0.1) is 5.92 Å². The van der Waals surface area contributed by atoms with E-state index in [4.69, 9.17) is 0 Å². The fourth-order valence-electron chi connectivity index (χ4n) is 4.94. The van der Waals surface area contributed by atoms with E-state index in [2.05, 4.69) is 59.9 Å².